The molecule has 0 saturated carbocycles. The van der Waals surface area contributed by atoms with E-state index in [1.54, 1.807) is 0 Å². The summed E-state index contributed by atoms with van der Waals surface area (Å²) in [4.78, 5) is 0. The van der Waals surface area contributed by atoms with E-state index in [-0.39, 0.29) is 0 Å². The third kappa shape index (κ3) is 2.73. The highest BCUT2D eigenvalue weighted by Crippen LogP contribution is 2.20. The summed E-state index contributed by atoms with van der Waals surface area (Å²) in [7, 11) is 0. The van der Waals surface area contributed by atoms with Crippen molar-refractivity contribution in [2.45, 2.75) is 26.7 Å². The normalized spacial score (nSPS) is 20.4. The Morgan fingerprint density at radius 3 is 1.62 bits per heavy atom. The van der Waals surface area contributed by atoms with Crippen LogP contribution in [0.5, 0.6) is 0 Å². The molecule has 2 rings (SSSR count). The average molecular weight is 210 g/mol. The van der Waals surface area contributed by atoms with E-state index in [1.807, 2.05) is 0 Å². The highest BCUT2D eigenvalue weighted by molar-refractivity contribution is 5.43. The summed E-state index contributed by atoms with van der Waals surface area (Å²) in [5.74, 6) is 0. The Labute approximate surface area is 98.1 Å². The molecule has 0 atom stereocenters. The van der Waals surface area contributed by atoms with Crippen LogP contribution in [0.4, 0.5) is 0 Å². The van der Waals surface area contributed by atoms with Crippen molar-refractivity contribution in [1.82, 2.24) is 0 Å². The molecule has 0 aromatic carbocycles. The van der Waals surface area contributed by atoms with Gasteiger partial charge in [-0.15, -0.1) is 0 Å². The Balaban J connectivity index is 2.06. The van der Waals surface area contributed by atoms with Gasteiger partial charge in [0.2, 0.25) is 0 Å². The minimum atomic E-state index is 1.08. The molecule has 0 heterocycles. The molecule has 0 aromatic heterocycles. The van der Waals surface area contributed by atoms with Crippen molar-refractivity contribution in [1.29, 1.82) is 0 Å². The fourth-order valence-electron chi connectivity index (χ4n) is 1.93. The quantitative estimate of drug-likeness (QED) is 0.595. The first-order chi connectivity index (χ1) is 7.75. The number of hydrogen-bond acceptors (Lipinski definition) is 0. The highest BCUT2D eigenvalue weighted by Gasteiger charge is 2.00. The van der Waals surface area contributed by atoms with Crippen molar-refractivity contribution in [2.75, 3.05) is 0 Å². The van der Waals surface area contributed by atoms with Gasteiger partial charge in [0.05, 0.1) is 0 Å². The predicted octanol–water partition coefficient (Wildman–Crippen LogP) is 4.65. The van der Waals surface area contributed by atoms with E-state index in [0.29, 0.717) is 0 Å². The fourth-order valence-corrected chi connectivity index (χ4v) is 1.93. The molecular weight excluding hydrogens is 192 g/mol. The van der Waals surface area contributed by atoms with Crippen molar-refractivity contribution < 1.29 is 0 Å². The van der Waals surface area contributed by atoms with Crippen LogP contribution in [-0.4, -0.2) is 0 Å². The zero-order valence-electron chi connectivity index (χ0n) is 10.0. The summed E-state index contributed by atoms with van der Waals surface area (Å²) in [6.07, 6.45) is 19.7. The van der Waals surface area contributed by atoms with Gasteiger partial charge in [0.25, 0.3) is 0 Å². The molecule has 82 valence electrons. The first kappa shape index (κ1) is 10.9. The second-order valence-corrected chi connectivity index (χ2v) is 4.40. The maximum atomic E-state index is 2.29. The fraction of sp³-hybridized carbons (Fsp3) is 0.250. The Bertz CT molecular complexity index is 404. The molecular formula is C16H18. The van der Waals surface area contributed by atoms with Crippen molar-refractivity contribution in [3.8, 4) is 0 Å². The molecule has 0 bridgehead atoms. The molecule has 16 heavy (non-hydrogen) atoms. The zero-order chi connectivity index (χ0) is 11.4. The number of rotatable bonds is 3. The van der Waals surface area contributed by atoms with Gasteiger partial charge in [-0.3, -0.25) is 0 Å². The van der Waals surface area contributed by atoms with Crippen LogP contribution in [0.25, 0.3) is 0 Å². The lowest BCUT2D eigenvalue weighted by atomic mass is 10.0. The molecule has 0 spiro atoms. The number of allylic oxidation sites excluding steroid dienone is 12. The van der Waals surface area contributed by atoms with E-state index in [9.17, 15) is 0 Å². The van der Waals surface area contributed by atoms with Crippen LogP contribution in [0.1, 0.15) is 26.7 Å². The van der Waals surface area contributed by atoms with Gasteiger partial charge in [-0.25, -0.2) is 0 Å². The lowest BCUT2D eigenvalue weighted by Crippen LogP contribution is -1.83. The smallest absolute Gasteiger partial charge is 0.00942 e. The molecule has 0 aliphatic heterocycles. The SMILES string of the molecule is CC(=CC1=CC=CC1)C(C)=CC1=CC=CC1. The molecule has 0 fully saturated rings. The maximum absolute atomic E-state index is 2.29. The van der Waals surface area contributed by atoms with E-state index in [0.717, 1.165) is 12.8 Å². The molecule has 0 amide bonds. The van der Waals surface area contributed by atoms with Gasteiger partial charge < -0.3 is 0 Å². The number of hydrogen-bond donors (Lipinski definition) is 0. The monoisotopic (exact) mass is 210 g/mol. The van der Waals surface area contributed by atoms with Crippen LogP contribution in [-0.2, 0) is 0 Å². The van der Waals surface area contributed by atoms with Gasteiger partial charge in [-0.05, 0) is 49.0 Å². The molecule has 0 nitrogen and oxygen atoms in total. The molecule has 2 aliphatic carbocycles. The minimum Gasteiger partial charge on any atom is -0.0801 e. The van der Waals surface area contributed by atoms with Crippen molar-refractivity contribution >= 4 is 0 Å². The first-order valence-corrected chi connectivity index (χ1v) is 5.84. The van der Waals surface area contributed by atoms with Crippen LogP contribution >= 0.6 is 0 Å². The van der Waals surface area contributed by atoms with Crippen molar-refractivity contribution in [2.24, 2.45) is 0 Å². The molecule has 0 heteroatoms. The van der Waals surface area contributed by atoms with Gasteiger partial charge in [0.15, 0.2) is 0 Å². The largest absolute Gasteiger partial charge is 0.0801 e. The highest BCUT2D eigenvalue weighted by atomic mass is 14.1. The zero-order valence-corrected chi connectivity index (χ0v) is 10.0. The Morgan fingerprint density at radius 1 is 0.875 bits per heavy atom. The minimum absolute atomic E-state index is 1.08. The first-order valence-electron chi connectivity index (χ1n) is 5.84. The van der Waals surface area contributed by atoms with Gasteiger partial charge in [-0.2, -0.15) is 0 Å². The summed E-state index contributed by atoms with van der Waals surface area (Å²) in [6.45, 7) is 4.38. The Kier molecular flexibility index (Phi) is 3.40. The molecule has 0 aromatic rings. The van der Waals surface area contributed by atoms with Gasteiger partial charge in [0.1, 0.15) is 0 Å². The molecule has 0 saturated heterocycles. The average Bonchev–Trinajstić information content (AvgIpc) is 2.90. The lowest BCUT2D eigenvalue weighted by Gasteiger charge is -2.03. The molecule has 0 radical (unpaired) electrons. The van der Waals surface area contributed by atoms with Crippen LogP contribution in [0.3, 0.4) is 0 Å². The van der Waals surface area contributed by atoms with Gasteiger partial charge in [0, 0.05) is 0 Å². The third-order valence-electron chi connectivity index (χ3n) is 3.03. The van der Waals surface area contributed by atoms with E-state index in [4.69, 9.17) is 0 Å². The summed E-state index contributed by atoms with van der Waals surface area (Å²) in [5, 5.41) is 0. The summed E-state index contributed by atoms with van der Waals surface area (Å²) in [6, 6.07) is 0. The summed E-state index contributed by atoms with van der Waals surface area (Å²) < 4.78 is 0. The van der Waals surface area contributed by atoms with E-state index in [1.165, 1.54) is 22.3 Å². The molecule has 0 unspecified atom stereocenters. The van der Waals surface area contributed by atoms with Crippen LogP contribution in [0, 0.1) is 0 Å². The standard InChI is InChI=1S/C16H18/c1-13(11-15-7-3-4-8-15)14(2)12-16-9-5-6-10-16/h3-7,9,11-12H,8,10H2,1-2H3. The van der Waals surface area contributed by atoms with Crippen LogP contribution in [0.2, 0.25) is 0 Å². The second kappa shape index (κ2) is 4.98. The third-order valence-corrected chi connectivity index (χ3v) is 3.03. The van der Waals surface area contributed by atoms with E-state index >= 15 is 0 Å². The lowest BCUT2D eigenvalue weighted by molar-refractivity contribution is 1.25. The van der Waals surface area contributed by atoms with E-state index in [2.05, 4.69) is 62.5 Å². The second-order valence-electron chi connectivity index (χ2n) is 4.40. The molecule has 0 N–H and O–H groups in total. The van der Waals surface area contributed by atoms with Crippen molar-refractivity contribution in [3.63, 3.8) is 0 Å². The van der Waals surface area contributed by atoms with Crippen LogP contribution < -0.4 is 0 Å². The van der Waals surface area contributed by atoms with Crippen LogP contribution in [0.15, 0.2) is 70.9 Å². The summed E-state index contributed by atoms with van der Waals surface area (Å²) >= 11 is 0. The molecule has 2 aliphatic rings. The van der Waals surface area contributed by atoms with E-state index < -0.39 is 0 Å². The Hall–Kier alpha value is -1.56. The maximum Gasteiger partial charge on any atom is -0.00942 e. The van der Waals surface area contributed by atoms with Gasteiger partial charge in [-0.1, -0.05) is 48.6 Å². The topological polar surface area (TPSA) is 0 Å². The predicted molar refractivity (Wildman–Crippen MR) is 71.2 cm³/mol. The van der Waals surface area contributed by atoms with Crippen molar-refractivity contribution in [3.05, 3.63) is 70.9 Å². The summed E-state index contributed by atoms with van der Waals surface area (Å²) in [5.41, 5.74) is 5.54. The van der Waals surface area contributed by atoms with Gasteiger partial charge >= 0.3 is 0 Å². The Morgan fingerprint density at radius 2 is 1.31 bits per heavy atom.